The third-order valence-corrected chi connectivity index (χ3v) is 2.59. The number of hydrogen-bond donors (Lipinski definition) is 1. The molecule has 1 rings (SSSR count). The van der Waals surface area contributed by atoms with E-state index >= 15 is 0 Å². The second-order valence-electron chi connectivity index (χ2n) is 4.28. The Bertz CT molecular complexity index is 371. The van der Waals surface area contributed by atoms with Crippen molar-refractivity contribution in [3.05, 3.63) is 47.3 Å². The average molecular weight is 221 g/mol. The highest BCUT2D eigenvalue weighted by atomic mass is 19.1. The third kappa shape index (κ3) is 3.46. The minimum Gasteiger partial charge on any atom is -0.310 e. The predicted molar refractivity (Wildman–Crippen MR) is 67.0 cm³/mol. The Morgan fingerprint density at radius 3 is 2.69 bits per heavy atom. The summed E-state index contributed by atoms with van der Waals surface area (Å²) < 4.78 is 13.2. The first-order valence-corrected chi connectivity index (χ1v) is 5.68. The molecule has 0 spiro atoms. The molecule has 88 valence electrons. The van der Waals surface area contributed by atoms with Crippen LogP contribution in [-0.4, -0.2) is 6.54 Å². The van der Waals surface area contributed by atoms with Gasteiger partial charge in [0, 0.05) is 6.04 Å². The first-order valence-electron chi connectivity index (χ1n) is 5.68. The number of aryl methyl sites for hydroxylation is 1. The van der Waals surface area contributed by atoms with Crippen molar-refractivity contribution in [1.82, 2.24) is 5.32 Å². The van der Waals surface area contributed by atoms with Crippen molar-refractivity contribution >= 4 is 0 Å². The van der Waals surface area contributed by atoms with E-state index in [9.17, 15) is 4.39 Å². The summed E-state index contributed by atoms with van der Waals surface area (Å²) in [5.41, 5.74) is 2.96. The van der Waals surface area contributed by atoms with Gasteiger partial charge in [-0.15, -0.1) is 6.58 Å². The van der Waals surface area contributed by atoms with Gasteiger partial charge in [0.25, 0.3) is 0 Å². The molecule has 1 atom stereocenters. The zero-order valence-electron chi connectivity index (χ0n) is 10.3. The van der Waals surface area contributed by atoms with E-state index < -0.39 is 0 Å². The van der Waals surface area contributed by atoms with E-state index in [2.05, 4.69) is 18.8 Å². The molecule has 0 radical (unpaired) electrons. The Balaban J connectivity index is 2.91. The molecule has 0 saturated carbocycles. The maximum Gasteiger partial charge on any atom is 0.126 e. The summed E-state index contributed by atoms with van der Waals surface area (Å²) in [6, 6.07) is 5.53. The lowest BCUT2D eigenvalue weighted by atomic mass is 9.98. The molecule has 16 heavy (non-hydrogen) atoms. The Labute approximate surface area is 97.4 Å². The van der Waals surface area contributed by atoms with Crippen LogP contribution in [0, 0.1) is 12.7 Å². The molecule has 1 N–H and O–H groups in total. The minimum atomic E-state index is -0.144. The van der Waals surface area contributed by atoms with Crippen molar-refractivity contribution < 1.29 is 4.39 Å². The molecule has 1 aromatic carbocycles. The van der Waals surface area contributed by atoms with Gasteiger partial charge in [-0.25, -0.2) is 4.39 Å². The molecular weight excluding hydrogens is 201 g/mol. The largest absolute Gasteiger partial charge is 0.310 e. The number of hydrogen-bond acceptors (Lipinski definition) is 1. The van der Waals surface area contributed by atoms with Gasteiger partial charge in [-0.2, -0.15) is 0 Å². The van der Waals surface area contributed by atoms with Crippen molar-refractivity contribution in [2.24, 2.45) is 0 Å². The van der Waals surface area contributed by atoms with Gasteiger partial charge >= 0.3 is 0 Å². The number of nitrogens with one attached hydrogen (secondary N) is 1. The van der Waals surface area contributed by atoms with Crippen LogP contribution >= 0.6 is 0 Å². The smallest absolute Gasteiger partial charge is 0.126 e. The third-order valence-electron chi connectivity index (χ3n) is 2.59. The Kier molecular flexibility index (Phi) is 4.69. The summed E-state index contributed by atoms with van der Waals surface area (Å²) in [5, 5.41) is 3.39. The SMILES string of the molecule is C=C(C)CC(NCC)c1ccc(F)c(C)c1. The highest BCUT2D eigenvalue weighted by Crippen LogP contribution is 2.22. The second kappa shape index (κ2) is 5.80. The molecule has 0 aliphatic rings. The van der Waals surface area contributed by atoms with Gasteiger partial charge in [0.15, 0.2) is 0 Å². The standard InChI is InChI=1S/C14H20FN/c1-5-16-14(8-10(2)3)12-6-7-13(15)11(4)9-12/h6-7,9,14,16H,2,5,8H2,1,3-4H3. The average Bonchev–Trinajstić information content (AvgIpc) is 2.21. The number of halogens is 1. The zero-order chi connectivity index (χ0) is 12.1. The van der Waals surface area contributed by atoms with E-state index in [-0.39, 0.29) is 11.9 Å². The van der Waals surface area contributed by atoms with E-state index in [1.807, 2.05) is 19.1 Å². The van der Waals surface area contributed by atoms with Gasteiger partial charge in [-0.3, -0.25) is 0 Å². The maximum absolute atomic E-state index is 13.2. The van der Waals surface area contributed by atoms with Gasteiger partial charge in [0.05, 0.1) is 0 Å². The molecule has 1 unspecified atom stereocenters. The predicted octanol–water partition coefficient (Wildman–Crippen LogP) is 3.75. The molecule has 0 aliphatic carbocycles. The summed E-state index contributed by atoms with van der Waals surface area (Å²) in [4.78, 5) is 0. The van der Waals surface area contributed by atoms with Crippen molar-refractivity contribution in [3.63, 3.8) is 0 Å². The summed E-state index contributed by atoms with van der Waals surface area (Å²) in [6.45, 7) is 10.7. The Morgan fingerprint density at radius 2 is 2.19 bits per heavy atom. The van der Waals surface area contributed by atoms with Gasteiger partial charge in [-0.05, 0) is 44.0 Å². The summed E-state index contributed by atoms with van der Waals surface area (Å²) in [5.74, 6) is -0.144. The molecule has 2 heteroatoms. The van der Waals surface area contributed by atoms with Crippen LogP contribution in [0.3, 0.4) is 0 Å². The van der Waals surface area contributed by atoms with Crippen molar-refractivity contribution in [2.75, 3.05) is 6.54 Å². The van der Waals surface area contributed by atoms with Crippen LogP contribution in [0.4, 0.5) is 4.39 Å². The molecule has 0 bridgehead atoms. The molecule has 0 amide bonds. The van der Waals surface area contributed by atoms with Crippen molar-refractivity contribution in [2.45, 2.75) is 33.2 Å². The lowest BCUT2D eigenvalue weighted by molar-refractivity contribution is 0.545. The summed E-state index contributed by atoms with van der Waals surface area (Å²) in [7, 11) is 0. The highest BCUT2D eigenvalue weighted by Gasteiger charge is 2.11. The fraction of sp³-hybridized carbons (Fsp3) is 0.429. The number of rotatable bonds is 5. The van der Waals surface area contributed by atoms with Gasteiger partial charge in [0.2, 0.25) is 0 Å². The lowest BCUT2D eigenvalue weighted by Crippen LogP contribution is -2.21. The van der Waals surface area contributed by atoms with E-state index in [1.54, 1.807) is 6.92 Å². The monoisotopic (exact) mass is 221 g/mol. The topological polar surface area (TPSA) is 12.0 Å². The van der Waals surface area contributed by atoms with Crippen LogP contribution in [0.25, 0.3) is 0 Å². The Morgan fingerprint density at radius 1 is 1.50 bits per heavy atom. The molecule has 0 fully saturated rings. The molecule has 1 aromatic rings. The first-order chi connectivity index (χ1) is 7.54. The highest BCUT2D eigenvalue weighted by molar-refractivity contribution is 5.27. The van der Waals surface area contributed by atoms with Crippen LogP contribution in [0.1, 0.15) is 37.4 Å². The molecule has 0 saturated heterocycles. The molecule has 1 nitrogen and oxygen atoms in total. The van der Waals surface area contributed by atoms with Crippen molar-refractivity contribution in [1.29, 1.82) is 0 Å². The fourth-order valence-corrected chi connectivity index (χ4v) is 1.79. The van der Waals surface area contributed by atoms with Gasteiger partial charge in [-0.1, -0.05) is 24.6 Å². The lowest BCUT2D eigenvalue weighted by Gasteiger charge is -2.19. The van der Waals surface area contributed by atoms with Crippen LogP contribution in [0.15, 0.2) is 30.4 Å². The number of benzene rings is 1. The second-order valence-corrected chi connectivity index (χ2v) is 4.28. The van der Waals surface area contributed by atoms with Crippen LogP contribution in [0.5, 0.6) is 0 Å². The van der Waals surface area contributed by atoms with E-state index in [0.717, 1.165) is 24.1 Å². The first kappa shape index (κ1) is 12.9. The normalized spacial score (nSPS) is 12.5. The van der Waals surface area contributed by atoms with Crippen molar-refractivity contribution in [3.8, 4) is 0 Å². The molecular formula is C14H20FN. The zero-order valence-corrected chi connectivity index (χ0v) is 10.3. The van der Waals surface area contributed by atoms with Crippen LogP contribution in [0.2, 0.25) is 0 Å². The molecule has 0 aromatic heterocycles. The quantitative estimate of drug-likeness (QED) is 0.747. The summed E-state index contributed by atoms with van der Waals surface area (Å²) in [6.07, 6.45) is 0.888. The Hall–Kier alpha value is -1.15. The maximum atomic E-state index is 13.2. The van der Waals surface area contributed by atoms with E-state index in [4.69, 9.17) is 0 Å². The summed E-state index contributed by atoms with van der Waals surface area (Å²) >= 11 is 0. The van der Waals surface area contributed by atoms with E-state index in [0.29, 0.717) is 5.56 Å². The van der Waals surface area contributed by atoms with Crippen LogP contribution < -0.4 is 5.32 Å². The fourth-order valence-electron chi connectivity index (χ4n) is 1.79. The van der Waals surface area contributed by atoms with Gasteiger partial charge < -0.3 is 5.32 Å². The van der Waals surface area contributed by atoms with Crippen LogP contribution in [-0.2, 0) is 0 Å². The molecule has 0 aliphatic heterocycles. The van der Waals surface area contributed by atoms with E-state index in [1.165, 1.54) is 6.07 Å². The molecule has 0 heterocycles. The minimum absolute atomic E-state index is 0.144. The van der Waals surface area contributed by atoms with Gasteiger partial charge in [0.1, 0.15) is 5.82 Å².